The van der Waals surface area contributed by atoms with Crippen molar-refractivity contribution in [2.24, 2.45) is 0 Å². The minimum Gasteiger partial charge on any atom is -0.340 e. The van der Waals surface area contributed by atoms with Gasteiger partial charge in [-0.3, -0.25) is 10.2 Å². The first-order valence-electron chi connectivity index (χ1n) is 10.7. The molecular weight excluding hydrogens is 507 g/mol. The van der Waals surface area contributed by atoms with E-state index in [4.69, 9.17) is 28.6 Å². The van der Waals surface area contributed by atoms with Gasteiger partial charge in [-0.1, -0.05) is 66.2 Å². The van der Waals surface area contributed by atoms with Crippen LogP contribution in [0.15, 0.2) is 47.4 Å². The molecule has 1 saturated heterocycles. The number of fused-ring (bicyclic) bond motifs is 1. The number of ketones is 1. The van der Waals surface area contributed by atoms with Crippen LogP contribution in [-0.2, 0) is 17.8 Å². The molecule has 2 aromatic carbocycles. The van der Waals surface area contributed by atoms with Crippen molar-refractivity contribution in [2.45, 2.75) is 32.7 Å². The molecule has 3 heterocycles. The highest BCUT2D eigenvalue weighted by atomic mass is 35.5. The maximum absolute atomic E-state index is 13.3. The number of aromatic nitrogens is 3. The van der Waals surface area contributed by atoms with Gasteiger partial charge in [0.2, 0.25) is 0 Å². The Hall–Kier alpha value is -2.45. The highest BCUT2D eigenvalue weighted by Crippen LogP contribution is 2.42. The molecule has 0 radical (unpaired) electrons. The second kappa shape index (κ2) is 9.30. The van der Waals surface area contributed by atoms with Gasteiger partial charge in [0.05, 0.1) is 20.0 Å². The van der Waals surface area contributed by atoms with Gasteiger partial charge in [0.15, 0.2) is 5.78 Å². The molecule has 1 fully saturated rings. The van der Waals surface area contributed by atoms with Gasteiger partial charge < -0.3 is 4.57 Å². The molecule has 172 valence electrons. The van der Waals surface area contributed by atoms with E-state index in [0.29, 0.717) is 31.5 Å². The molecule has 9 heteroatoms. The third-order valence-corrected chi connectivity index (χ3v) is 8.76. The second-order valence-electron chi connectivity index (χ2n) is 8.01. The lowest BCUT2D eigenvalue weighted by Crippen LogP contribution is -2.11. The fourth-order valence-corrected chi connectivity index (χ4v) is 6.39. The first-order valence-corrected chi connectivity index (χ1v) is 13.1. The lowest BCUT2D eigenvalue weighted by Gasteiger charge is -2.10. The van der Waals surface area contributed by atoms with Gasteiger partial charge >= 0.3 is 0 Å². The number of para-hydroxylation sites is 1. The van der Waals surface area contributed by atoms with E-state index in [1.807, 2.05) is 37.3 Å². The summed E-state index contributed by atoms with van der Waals surface area (Å²) in [7, 11) is 0. The summed E-state index contributed by atoms with van der Waals surface area (Å²) < 4.78 is 2.21. The molecule has 0 aliphatic carbocycles. The number of nitrogens with zero attached hydrogens (tertiary/aromatic N) is 3. The van der Waals surface area contributed by atoms with E-state index in [1.165, 1.54) is 23.1 Å². The van der Waals surface area contributed by atoms with Crippen LogP contribution in [0.3, 0.4) is 0 Å². The van der Waals surface area contributed by atoms with Crippen LogP contribution in [0.2, 0.25) is 10.0 Å². The van der Waals surface area contributed by atoms with Crippen molar-refractivity contribution < 1.29 is 4.79 Å². The van der Waals surface area contributed by atoms with Gasteiger partial charge in [-0.25, -0.2) is 0 Å². The molecule has 1 atom stereocenters. The van der Waals surface area contributed by atoms with Crippen LogP contribution in [0.25, 0.3) is 17.0 Å². The summed E-state index contributed by atoms with van der Waals surface area (Å²) in [5.74, 6) is -0.742. The van der Waals surface area contributed by atoms with E-state index in [0.717, 1.165) is 39.2 Å². The molecule has 1 aliphatic heterocycles. The van der Waals surface area contributed by atoms with Gasteiger partial charge in [-0.05, 0) is 43.2 Å². The Morgan fingerprint density at radius 1 is 1.15 bits per heavy atom. The second-order valence-corrected chi connectivity index (χ2v) is 11.0. The summed E-state index contributed by atoms with van der Waals surface area (Å²) in [6, 6.07) is 13.8. The number of allylic oxidation sites excluding steroid dienone is 1. The molecule has 1 N–H and O–H groups in total. The van der Waals surface area contributed by atoms with Crippen LogP contribution < -0.4 is 0 Å². The topological polar surface area (TPSA) is 71.6 Å². The van der Waals surface area contributed by atoms with Crippen molar-refractivity contribution >= 4 is 74.1 Å². The average Bonchev–Trinajstić information content (AvgIpc) is 3.48. The number of Topliss-reactive ketones (excluding diaryl/α,β-unsaturated/α-hetero) is 1. The summed E-state index contributed by atoms with van der Waals surface area (Å²) in [6.45, 7) is 4.67. The quantitative estimate of drug-likeness (QED) is 0.280. The highest BCUT2D eigenvalue weighted by Gasteiger charge is 2.39. The predicted molar refractivity (Wildman–Crippen MR) is 143 cm³/mol. The lowest BCUT2D eigenvalue weighted by molar-refractivity contribution is -0.114. The van der Waals surface area contributed by atoms with Crippen LogP contribution in [0, 0.1) is 12.3 Å². The number of halogens is 2. The van der Waals surface area contributed by atoms with E-state index in [1.54, 1.807) is 6.07 Å². The molecule has 0 bridgehead atoms. The molecular formula is C25H20Cl2N4OS2. The minimum atomic E-state index is -0.654. The van der Waals surface area contributed by atoms with Crippen LogP contribution in [0.4, 0.5) is 0 Å². The molecule has 0 saturated carbocycles. The normalized spacial score (nSPS) is 17.4. The standard InChI is InChI=1S/C25H20Cl2N4OS2/c1-3-21-29-30-25(34-21)22-23(32)20(33-24(22)28)11-16-13(2)31(19-7-5-4-6-15(16)19)12-14-8-9-17(26)18(27)10-14/h4-11,22,28H,3,12H2,1-2H3/b20-11-,28-24?/t22-/m1/s1. The minimum absolute atomic E-state index is 0.0884. The molecule has 1 aliphatic rings. The van der Waals surface area contributed by atoms with Crippen molar-refractivity contribution in [1.82, 2.24) is 14.8 Å². The number of rotatable bonds is 5. The smallest absolute Gasteiger partial charge is 0.186 e. The third-order valence-electron chi connectivity index (χ3n) is 5.90. The Kier molecular flexibility index (Phi) is 6.37. The number of aryl methyl sites for hydroxylation is 1. The number of carbonyl (C=O) groups excluding carboxylic acids is 1. The van der Waals surface area contributed by atoms with Crippen LogP contribution in [0.5, 0.6) is 0 Å². The van der Waals surface area contributed by atoms with Crippen molar-refractivity contribution in [3.63, 3.8) is 0 Å². The van der Waals surface area contributed by atoms with E-state index in [2.05, 4.69) is 33.8 Å². The fourth-order valence-electron chi connectivity index (χ4n) is 4.14. The molecule has 2 aromatic heterocycles. The van der Waals surface area contributed by atoms with Crippen molar-refractivity contribution in [3.05, 3.63) is 84.3 Å². The van der Waals surface area contributed by atoms with Crippen LogP contribution in [0.1, 0.15) is 39.7 Å². The Morgan fingerprint density at radius 3 is 2.68 bits per heavy atom. The zero-order valence-electron chi connectivity index (χ0n) is 18.4. The molecule has 5 rings (SSSR count). The van der Waals surface area contributed by atoms with E-state index >= 15 is 0 Å². The van der Waals surface area contributed by atoms with Gasteiger partial charge in [0.1, 0.15) is 15.9 Å². The van der Waals surface area contributed by atoms with E-state index in [9.17, 15) is 4.79 Å². The number of nitrogens with one attached hydrogen (secondary N) is 1. The average molecular weight is 528 g/mol. The summed E-state index contributed by atoms with van der Waals surface area (Å²) in [6.07, 6.45) is 2.69. The molecule has 0 amide bonds. The number of hydrogen-bond donors (Lipinski definition) is 1. The lowest BCUT2D eigenvalue weighted by atomic mass is 10.0. The maximum atomic E-state index is 13.3. The number of thioether (sulfide) groups is 1. The number of carbonyl (C=O) groups is 1. The summed E-state index contributed by atoms with van der Waals surface area (Å²) in [5.41, 5.74) is 4.11. The predicted octanol–water partition coefficient (Wildman–Crippen LogP) is 7.14. The fraction of sp³-hybridized carbons (Fsp3) is 0.200. The zero-order chi connectivity index (χ0) is 24.0. The highest BCUT2D eigenvalue weighted by molar-refractivity contribution is 8.19. The number of benzene rings is 2. The Labute approximate surface area is 215 Å². The molecule has 4 aromatic rings. The first kappa shape index (κ1) is 23.3. The Bertz CT molecular complexity index is 1490. The molecule has 0 spiro atoms. The monoisotopic (exact) mass is 526 g/mol. The maximum Gasteiger partial charge on any atom is 0.186 e. The number of hydrogen-bond acceptors (Lipinski definition) is 6. The van der Waals surface area contributed by atoms with E-state index in [-0.39, 0.29) is 5.78 Å². The van der Waals surface area contributed by atoms with Gasteiger partial charge in [-0.2, -0.15) is 0 Å². The Morgan fingerprint density at radius 2 is 1.94 bits per heavy atom. The van der Waals surface area contributed by atoms with Crippen LogP contribution >= 0.6 is 46.3 Å². The third kappa shape index (κ3) is 4.11. The van der Waals surface area contributed by atoms with Crippen molar-refractivity contribution in [1.29, 1.82) is 5.41 Å². The molecule has 34 heavy (non-hydrogen) atoms. The van der Waals surface area contributed by atoms with Gasteiger partial charge in [-0.15, -0.1) is 21.5 Å². The molecule has 0 unspecified atom stereocenters. The van der Waals surface area contributed by atoms with E-state index < -0.39 is 5.92 Å². The van der Waals surface area contributed by atoms with Crippen molar-refractivity contribution in [3.8, 4) is 0 Å². The van der Waals surface area contributed by atoms with Crippen LogP contribution in [-0.4, -0.2) is 25.6 Å². The van der Waals surface area contributed by atoms with Gasteiger partial charge in [0, 0.05) is 28.7 Å². The summed E-state index contributed by atoms with van der Waals surface area (Å²) >= 11 is 15.0. The Balaban J connectivity index is 1.55. The SMILES string of the molecule is CCc1nnc([C@H]2C(=N)S/C(=C\c3c(C)n(Cc4ccc(Cl)c(Cl)c4)c4ccccc34)C2=O)s1. The zero-order valence-corrected chi connectivity index (χ0v) is 21.6. The summed E-state index contributed by atoms with van der Waals surface area (Å²) in [4.78, 5) is 13.9. The van der Waals surface area contributed by atoms with Gasteiger partial charge in [0.25, 0.3) is 0 Å². The summed E-state index contributed by atoms with van der Waals surface area (Å²) in [5, 5.41) is 20.7. The molecule has 5 nitrogen and oxygen atoms in total. The largest absolute Gasteiger partial charge is 0.340 e. The van der Waals surface area contributed by atoms with Crippen molar-refractivity contribution in [2.75, 3.05) is 0 Å². The first-order chi connectivity index (χ1) is 16.4.